The molecule has 120 valence electrons. The van der Waals surface area contributed by atoms with Crippen LogP contribution in [-0.2, 0) is 16.0 Å². The molecule has 4 nitrogen and oxygen atoms in total. The van der Waals surface area contributed by atoms with Gasteiger partial charge in [0.2, 0.25) is 11.8 Å². The SMILES string of the molecule is CCC1(C(N)=O)CCCN(C(=O)CCCc2ccccc2)C1. The van der Waals surface area contributed by atoms with Crippen molar-refractivity contribution in [2.24, 2.45) is 11.1 Å². The fourth-order valence-electron chi connectivity index (χ4n) is 3.26. The van der Waals surface area contributed by atoms with E-state index in [1.807, 2.05) is 30.0 Å². The van der Waals surface area contributed by atoms with Gasteiger partial charge in [-0.1, -0.05) is 37.3 Å². The van der Waals surface area contributed by atoms with Crippen molar-refractivity contribution in [3.8, 4) is 0 Å². The maximum atomic E-state index is 12.4. The van der Waals surface area contributed by atoms with Crippen molar-refractivity contribution < 1.29 is 9.59 Å². The lowest BCUT2D eigenvalue weighted by atomic mass is 9.77. The number of primary amides is 1. The zero-order chi connectivity index (χ0) is 16.0. The molecule has 1 fully saturated rings. The van der Waals surface area contributed by atoms with Crippen LogP contribution in [0.2, 0.25) is 0 Å². The summed E-state index contributed by atoms with van der Waals surface area (Å²) in [5.74, 6) is -0.119. The van der Waals surface area contributed by atoms with Crippen molar-refractivity contribution >= 4 is 11.8 Å². The summed E-state index contributed by atoms with van der Waals surface area (Å²) in [5, 5.41) is 0. The predicted molar refractivity (Wildman–Crippen MR) is 87.1 cm³/mol. The maximum absolute atomic E-state index is 12.4. The summed E-state index contributed by atoms with van der Waals surface area (Å²) in [4.78, 5) is 26.0. The molecule has 1 aromatic carbocycles. The molecule has 22 heavy (non-hydrogen) atoms. The van der Waals surface area contributed by atoms with Crippen molar-refractivity contribution in [3.05, 3.63) is 35.9 Å². The molecule has 2 amide bonds. The Morgan fingerprint density at radius 2 is 2.00 bits per heavy atom. The quantitative estimate of drug-likeness (QED) is 0.877. The van der Waals surface area contributed by atoms with E-state index in [0.717, 1.165) is 32.2 Å². The number of benzene rings is 1. The number of hydrogen-bond acceptors (Lipinski definition) is 2. The van der Waals surface area contributed by atoms with E-state index in [1.54, 1.807) is 0 Å². The number of amides is 2. The van der Waals surface area contributed by atoms with Crippen LogP contribution >= 0.6 is 0 Å². The highest BCUT2D eigenvalue weighted by molar-refractivity contribution is 5.83. The highest BCUT2D eigenvalue weighted by Gasteiger charge is 2.40. The molecular formula is C18H26N2O2. The Balaban J connectivity index is 1.85. The maximum Gasteiger partial charge on any atom is 0.225 e. The number of nitrogens with two attached hydrogens (primary N) is 1. The molecule has 4 heteroatoms. The third-order valence-corrected chi connectivity index (χ3v) is 4.83. The fraction of sp³-hybridized carbons (Fsp3) is 0.556. The second-order valence-corrected chi connectivity index (χ2v) is 6.26. The van der Waals surface area contributed by atoms with Gasteiger partial charge in [-0.15, -0.1) is 0 Å². The van der Waals surface area contributed by atoms with E-state index in [1.165, 1.54) is 5.56 Å². The molecule has 1 heterocycles. The molecule has 1 aliphatic rings. The first-order chi connectivity index (χ1) is 10.6. The molecule has 1 aromatic rings. The molecule has 2 rings (SSSR count). The summed E-state index contributed by atoms with van der Waals surface area (Å²) in [6, 6.07) is 10.2. The summed E-state index contributed by atoms with van der Waals surface area (Å²) in [6.07, 6.45) is 4.65. The molecule has 1 aliphatic heterocycles. The third-order valence-electron chi connectivity index (χ3n) is 4.83. The van der Waals surface area contributed by atoms with Crippen LogP contribution in [0.3, 0.4) is 0 Å². The lowest BCUT2D eigenvalue weighted by Crippen LogP contribution is -2.51. The van der Waals surface area contributed by atoms with Crippen LogP contribution in [-0.4, -0.2) is 29.8 Å². The Morgan fingerprint density at radius 1 is 1.27 bits per heavy atom. The number of carbonyl (C=O) groups excluding carboxylic acids is 2. The predicted octanol–water partition coefficient (Wildman–Crippen LogP) is 2.51. The minimum atomic E-state index is -0.520. The van der Waals surface area contributed by atoms with Crippen LogP contribution in [0, 0.1) is 5.41 Å². The number of rotatable bonds is 6. The molecule has 0 radical (unpaired) electrons. The van der Waals surface area contributed by atoms with Crippen LogP contribution in [0.4, 0.5) is 0 Å². The van der Waals surface area contributed by atoms with Crippen LogP contribution in [0.25, 0.3) is 0 Å². The molecule has 2 N–H and O–H groups in total. The van der Waals surface area contributed by atoms with E-state index in [9.17, 15) is 9.59 Å². The van der Waals surface area contributed by atoms with Crippen molar-refractivity contribution in [1.82, 2.24) is 4.90 Å². The fourth-order valence-corrected chi connectivity index (χ4v) is 3.26. The zero-order valence-electron chi connectivity index (χ0n) is 13.4. The standard InChI is InChI=1S/C18H26N2O2/c1-2-18(17(19)22)12-7-13-20(14-18)16(21)11-6-10-15-8-4-3-5-9-15/h3-5,8-9H,2,6-7,10-14H2,1H3,(H2,19,22). The van der Waals surface area contributed by atoms with Gasteiger partial charge in [0.1, 0.15) is 0 Å². The van der Waals surface area contributed by atoms with Gasteiger partial charge in [-0.3, -0.25) is 9.59 Å². The van der Waals surface area contributed by atoms with Crippen LogP contribution in [0.1, 0.15) is 44.6 Å². The van der Waals surface area contributed by atoms with Crippen molar-refractivity contribution in [1.29, 1.82) is 0 Å². The minimum absolute atomic E-state index is 0.148. The summed E-state index contributed by atoms with van der Waals surface area (Å²) in [5.41, 5.74) is 6.31. The molecule has 0 aromatic heterocycles. The first-order valence-electron chi connectivity index (χ1n) is 8.19. The van der Waals surface area contributed by atoms with E-state index in [4.69, 9.17) is 5.73 Å². The first-order valence-corrected chi connectivity index (χ1v) is 8.19. The molecule has 0 bridgehead atoms. The van der Waals surface area contributed by atoms with Gasteiger partial charge in [0.25, 0.3) is 0 Å². The monoisotopic (exact) mass is 302 g/mol. The average Bonchev–Trinajstić information content (AvgIpc) is 2.55. The second kappa shape index (κ2) is 7.43. The van der Waals surface area contributed by atoms with Gasteiger partial charge >= 0.3 is 0 Å². The number of piperidine rings is 1. The van der Waals surface area contributed by atoms with Crippen molar-refractivity contribution in [3.63, 3.8) is 0 Å². The first kappa shape index (κ1) is 16.5. The Kier molecular flexibility index (Phi) is 5.58. The summed E-state index contributed by atoms with van der Waals surface area (Å²) < 4.78 is 0. The Bertz CT molecular complexity index is 515. The minimum Gasteiger partial charge on any atom is -0.369 e. The summed E-state index contributed by atoms with van der Waals surface area (Å²) in [6.45, 7) is 3.22. The molecule has 0 saturated carbocycles. The summed E-state index contributed by atoms with van der Waals surface area (Å²) in [7, 11) is 0. The molecule has 0 aliphatic carbocycles. The van der Waals surface area contributed by atoms with E-state index in [0.29, 0.717) is 19.4 Å². The molecule has 1 unspecified atom stereocenters. The van der Waals surface area contributed by atoms with E-state index in [2.05, 4.69) is 12.1 Å². The van der Waals surface area contributed by atoms with Crippen molar-refractivity contribution in [2.45, 2.75) is 45.4 Å². The topological polar surface area (TPSA) is 63.4 Å². The lowest BCUT2D eigenvalue weighted by molar-refractivity contribution is -0.140. The number of carbonyl (C=O) groups is 2. The third kappa shape index (κ3) is 3.87. The molecule has 0 spiro atoms. The van der Waals surface area contributed by atoms with Gasteiger partial charge in [0.15, 0.2) is 0 Å². The van der Waals surface area contributed by atoms with Gasteiger partial charge in [-0.25, -0.2) is 0 Å². The molecular weight excluding hydrogens is 276 g/mol. The van der Waals surface area contributed by atoms with Crippen LogP contribution in [0.15, 0.2) is 30.3 Å². The van der Waals surface area contributed by atoms with Gasteiger partial charge in [-0.2, -0.15) is 0 Å². The van der Waals surface area contributed by atoms with Crippen LogP contribution in [0.5, 0.6) is 0 Å². The number of hydrogen-bond donors (Lipinski definition) is 1. The highest BCUT2D eigenvalue weighted by Crippen LogP contribution is 2.33. The van der Waals surface area contributed by atoms with Gasteiger partial charge in [-0.05, 0) is 37.7 Å². The van der Waals surface area contributed by atoms with E-state index in [-0.39, 0.29) is 11.8 Å². The largest absolute Gasteiger partial charge is 0.369 e. The van der Waals surface area contributed by atoms with Crippen molar-refractivity contribution in [2.75, 3.05) is 13.1 Å². The zero-order valence-corrected chi connectivity index (χ0v) is 13.4. The molecule has 1 saturated heterocycles. The molecule has 1 atom stereocenters. The number of nitrogens with zero attached hydrogens (tertiary/aromatic N) is 1. The average molecular weight is 302 g/mol. The van der Waals surface area contributed by atoms with Gasteiger partial charge in [0.05, 0.1) is 5.41 Å². The highest BCUT2D eigenvalue weighted by atomic mass is 16.2. The normalized spacial score (nSPS) is 21.6. The van der Waals surface area contributed by atoms with Crippen LogP contribution < -0.4 is 5.73 Å². The summed E-state index contributed by atoms with van der Waals surface area (Å²) >= 11 is 0. The van der Waals surface area contributed by atoms with E-state index < -0.39 is 5.41 Å². The van der Waals surface area contributed by atoms with E-state index >= 15 is 0 Å². The lowest BCUT2D eigenvalue weighted by Gasteiger charge is -2.40. The second-order valence-electron chi connectivity index (χ2n) is 6.26. The Hall–Kier alpha value is -1.84. The number of aryl methyl sites for hydroxylation is 1. The smallest absolute Gasteiger partial charge is 0.225 e. The van der Waals surface area contributed by atoms with Gasteiger partial charge in [0, 0.05) is 19.5 Å². The Labute approximate surface area is 132 Å². The Morgan fingerprint density at radius 3 is 2.64 bits per heavy atom. The number of likely N-dealkylation sites (tertiary alicyclic amines) is 1. The van der Waals surface area contributed by atoms with Gasteiger partial charge < -0.3 is 10.6 Å².